The second-order valence-corrected chi connectivity index (χ2v) is 5.73. The number of nitrogens with one attached hydrogen (secondary N) is 1. The number of carbonyl (C=O) groups excluding carboxylic acids is 2. The minimum Gasteiger partial charge on any atom is -0.452 e. The average Bonchev–Trinajstić information content (AvgIpc) is 2.51. The van der Waals surface area contributed by atoms with Gasteiger partial charge in [0.05, 0.1) is 11.1 Å². The van der Waals surface area contributed by atoms with Crippen LogP contribution in [0.25, 0.3) is 0 Å². The number of hydrogen-bond acceptors (Lipinski definition) is 3. The topological polar surface area (TPSA) is 55.4 Å². The van der Waals surface area contributed by atoms with E-state index in [1.54, 1.807) is 0 Å². The quantitative estimate of drug-likeness (QED) is 0.761. The summed E-state index contributed by atoms with van der Waals surface area (Å²) in [6.45, 7) is -0.621. The van der Waals surface area contributed by atoms with E-state index >= 15 is 0 Å². The molecule has 0 aromatic heterocycles. The van der Waals surface area contributed by atoms with Crippen molar-refractivity contribution in [1.29, 1.82) is 0 Å². The Balaban J connectivity index is 1.91. The molecule has 0 heterocycles. The minimum absolute atomic E-state index is 0.105. The van der Waals surface area contributed by atoms with Crippen LogP contribution in [0.4, 0.5) is 18.9 Å². The summed E-state index contributed by atoms with van der Waals surface area (Å²) in [5.74, 6) is -1.58. The fraction of sp³-hybridized carbons (Fsp3) is 0.125. The third-order valence-electron chi connectivity index (χ3n) is 2.93. The number of alkyl halides is 3. The zero-order valence-electron chi connectivity index (χ0n) is 12.4. The van der Waals surface area contributed by atoms with Gasteiger partial charge in [0, 0.05) is 15.7 Å². The summed E-state index contributed by atoms with van der Waals surface area (Å²) in [5.41, 5.74) is -0.681. The second kappa shape index (κ2) is 7.76. The van der Waals surface area contributed by atoms with E-state index < -0.39 is 30.2 Å². The summed E-state index contributed by atoms with van der Waals surface area (Å²) in [6.07, 6.45) is -4.50. The van der Waals surface area contributed by atoms with E-state index in [1.165, 1.54) is 18.2 Å². The van der Waals surface area contributed by atoms with Crippen molar-refractivity contribution in [3.05, 3.63) is 63.6 Å². The van der Waals surface area contributed by atoms with E-state index in [-0.39, 0.29) is 5.56 Å². The molecule has 2 rings (SSSR count). The number of ether oxygens (including phenoxy) is 1. The molecule has 1 amide bonds. The Morgan fingerprint density at radius 1 is 1.00 bits per heavy atom. The van der Waals surface area contributed by atoms with E-state index in [4.69, 9.17) is 27.9 Å². The van der Waals surface area contributed by atoms with Crippen LogP contribution in [0.3, 0.4) is 0 Å². The highest BCUT2D eigenvalue weighted by Crippen LogP contribution is 2.29. The predicted molar refractivity (Wildman–Crippen MR) is 86.8 cm³/mol. The van der Waals surface area contributed by atoms with E-state index in [2.05, 4.69) is 5.32 Å². The van der Waals surface area contributed by atoms with Crippen molar-refractivity contribution in [1.82, 2.24) is 0 Å². The lowest BCUT2D eigenvalue weighted by Gasteiger charge is -2.09. The summed E-state index contributed by atoms with van der Waals surface area (Å²) in [6, 6.07) is 7.82. The molecule has 2 aromatic carbocycles. The number of rotatable bonds is 4. The third-order valence-corrected chi connectivity index (χ3v) is 3.37. The molecular weight excluding hydrogens is 382 g/mol. The minimum atomic E-state index is -4.50. The Hall–Kier alpha value is -2.25. The molecule has 2 aromatic rings. The standard InChI is InChI=1S/C16H10Cl2F3NO3/c17-11-5-12(18)7-13(6-11)22-14(23)8-25-15(24)9-1-3-10(4-2-9)16(19,20)21/h1-7H,8H2,(H,22,23). The van der Waals surface area contributed by atoms with Crippen LogP contribution < -0.4 is 5.32 Å². The van der Waals surface area contributed by atoms with Gasteiger partial charge in [-0.3, -0.25) is 4.79 Å². The number of benzene rings is 2. The molecule has 0 atom stereocenters. The van der Waals surface area contributed by atoms with Crippen molar-refractivity contribution >= 4 is 40.8 Å². The lowest BCUT2D eigenvalue weighted by molar-refractivity contribution is -0.137. The number of anilines is 1. The largest absolute Gasteiger partial charge is 0.452 e. The van der Waals surface area contributed by atoms with Crippen molar-refractivity contribution in [2.24, 2.45) is 0 Å². The zero-order valence-corrected chi connectivity index (χ0v) is 13.9. The fourth-order valence-electron chi connectivity index (χ4n) is 1.83. The van der Waals surface area contributed by atoms with Crippen molar-refractivity contribution in [2.75, 3.05) is 11.9 Å². The molecule has 0 unspecified atom stereocenters. The molecule has 0 radical (unpaired) electrons. The molecule has 9 heteroatoms. The maximum absolute atomic E-state index is 12.5. The van der Waals surface area contributed by atoms with E-state index in [0.29, 0.717) is 15.7 Å². The van der Waals surface area contributed by atoms with Crippen LogP contribution in [0.15, 0.2) is 42.5 Å². The smallest absolute Gasteiger partial charge is 0.416 e. The van der Waals surface area contributed by atoms with Gasteiger partial charge in [0.1, 0.15) is 0 Å². The Kier molecular flexibility index (Phi) is 5.92. The van der Waals surface area contributed by atoms with Crippen LogP contribution >= 0.6 is 23.2 Å². The summed E-state index contributed by atoms with van der Waals surface area (Å²) in [7, 11) is 0. The van der Waals surface area contributed by atoms with Crippen LogP contribution in [0, 0.1) is 0 Å². The highest BCUT2D eigenvalue weighted by molar-refractivity contribution is 6.35. The van der Waals surface area contributed by atoms with Crippen LogP contribution in [0.1, 0.15) is 15.9 Å². The van der Waals surface area contributed by atoms with E-state index in [0.717, 1.165) is 24.3 Å². The summed E-state index contributed by atoms with van der Waals surface area (Å²) >= 11 is 11.6. The molecule has 0 saturated heterocycles. The van der Waals surface area contributed by atoms with Gasteiger partial charge in [0.15, 0.2) is 6.61 Å². The van der Waals surface area contributed by atoms with Gasteiger partial charge in [-0.1, -0.05) is 23.2 Å². The Bertz CT molecular complexity index is 772. The van der Waals surface area contributed by atoms with Crippen LogP contribution in [0.5, 0.6) is 0 Å². The van der Waals surface area contributed by atoms with Gasteiger partial charge in [0.2, 0.25) is 0 Å². The SMILES string of the molecule is O=C(COC(=O)c1ccc(C(F)(F)F)cc1)Nc1cc(Cl)cc(Cl)c1. The number of esters is 1. The predicted octanol–water partition coefficient (Wildman–Crippen LogP) is 4.81. The molecule has 132 valence electrons. The van der Waals surface area contributed by atoms with Gasteiger partial charge in [-0.15, -0.1) is 0 Å². The monoisotopic (exact) mass is 391 g/mol. The number of halogens is 5. The Morgan fingerprint density at radius 3 is 2.08 bits per heavy atom. The van der Waals surface area contributed by atoms with E-state index in [9.17, 15) is 22.8 Å². The first-order chi connectivity index (χ1) is 11.6. The first-order valence-corrected chi connectivity index (χ1v) is 7.51. The Morgan fingerprint density at radius 2 is 1.56 bits per heavy atom. The van der Waals surface area contributed by atoms with Crippen molar-refractivity contribution in [3.63, 3.8) is 0 Å². The summed E-state index contributed by atoms with van der Waals surface area (Å²) in [5, 5.41) is 3.05. The molecular formula is C16H10Cl2F3NO3. The van der Waals surface area contributed by atoms with Crippen molar-refractivity contribution in [3.8, 4) is 0 Å². The molecule has 0 bridgehead atoms. The molecule has 1 N–H and O–H groups in total. The van der Waals surface area contributed by atoms with Gasteiger partial charge in [0.25, 0.3) is 5.91 Å². The molecule has 0 saturated carbocycles. The molecule has 25 heavy (non-hydrogen) atoms. The van der Waals surface area contributed by atoms with Gasteiger partial charge in [-0.25, -0.2) is 4.79 Å². The normalized spacial score (nSPS) is 11.1. The summed E-state index contributed by atoms with van der Waals surface area (Å²) < 4.78 is 42.1. The van der Waals surface area contributed by atoms with Gasteiger partial charge < -0.3 is 10.1 Å². The maximum atomic E-state index is 12.5. The summed E-state index contributed by atoms with van der Waals surface area (Å²) in [4.78, 5) is 23.5. The van der Waals surface area contributed by atoms with Crippen LogP contribution in [-0.2, 0) is 15.7 Å². The first-order valence-electron chi connectivity index (χ1n) is 6.75. The molecule has 4 nitrogen and oxygen atoms in total. The van der Waals surface area contributed by atoms with Crippen molar-refractivity contribution in [2.45, 2.75) is 6.18 Å². The molecule has 0 aliphatic carbocycles. The Labute approximate surface area is 150 Å². The highest BCUT2D eigenvalue weighted by Gasteiger charge is 2.30. The zero-order chi connectivity index (χ0) is 18.6. The lowest BCUT2D eigenvalue weighted by atomic mass is 10.1. The average molecular weight is 392 g/mol. The van der Waals surface area contributed by atoms with Crippen LogP contribution in [-0.4, -0.2) is 18.5 Å². The molecule has 0 aliphatic rings. The lowest BCUT2D eigenvalue weighted by Crippen LogP contribution is -2.21. The number of carbonyl (C=O) groups is 2. The fourth-order valence-corrected chi connectivity index (χ4v) is 2.36. The van der Waals surface area contributed by atoms with E-state index in [1.807, 2.05) is 0 Å². The third kappa shape index (κ3) is 5.65. The maximum Gasteiger partial charge on any atom is 0.416 e. The highest BCUT2D eigenvalue weighted by atomic mass is 35.5. The number of hydrogen-bond donors (Lipinski definition) is 1. The van der Waals surface area contributed by atoms with Gasteiger partial charge in [-0.05, 0) is 42.5 Å². The second-order valence-electron chi connectivity index (χ2n) is 4.86. The van der Waals surface area contributed by atoms with Crippen molar-refractivity contribution < 1.29 is 27.5 Å². The molecule has 0 spiro atoms. The van der Waals surface area contributed by atoms with Crippen LogP contribution in [0.2, 0.25) is 10.0 Å². The number of amides is 1. The van der Waals surface area contributed by atoms with Gasteiger partial charge >= 0.3 is 12.1 Å². The first kappa shape index (κ1) is 19.1. The van der Waals surface area contributed by atoms with Gasteiger partial charge in [-0.2, -0.15) is 13.2 Å². The molecule has 0 fully saturated rings. The molecule has 0 aliphatic heterocycles.